The van der Waals surface area contributed by atoms with Crippen molar-refractivity contribution in [3.8, 4) is 0 Å². The molecule has 1 saturated carbocycles. The Morgan fingerprint density at radius 3 is 2.62 bits per heavy atom. The standard InChI is InChI=1S/C17H31N3O/c1-5-10-18-14(13-8-6-7-9-13)11-16-19-15(20-21-16)12-17(2,3)4/h13-14,18H,5-12H2,1-4H3. The van der Waals surface area contributed by atoms with Crippen LogP contribution in [0.25, 0.3) is 0 Å². The average molecular weight is 293 g/mol. The monoisotopic (exact) mass is 293 g/mol. The molecule has 0 amide bonds. The molecule has 2 rings (SSSR count). The van der Waals surface area contributed by atoms with Crippen molar-refractivity contribution in [2.24, 2.45) is 11.3 Å². The second kappa shape index (κ2) is 7.39. The second-order valence-electron chi connectivity index (χ2n) is 7.65. The average Bonchev–Trinajstić information content (AvgIpc) is 3.04. The highest BCUT2D eigenvalue weighted by atomic mass is 16.5. The van der Waals surface area contributed by atoms with E-state index in [1.165, 1.54) is 32.1 Å². The topological polar surface area (TPSA) is 51.0 Å². The van der Waals surface area contributed by atoms with E-state index in [1.807, 2.05) is 0 Å². The van der Waals surface area contributed by atoms with Gasteiger partial charge in [-0.25, -0.2) is 0 Å². The first-order valence-corrected chi connectivity index (χ1v) is 8.53. The summed E-state index contributed by atoms with van der Waals surface area (Å²) >= 11 is 0. The normalized spacial score (nSPS) is 18.3. The van der Waals surface area contributed by atoms with E-state index in [4.69, 9.17) is 4.52 Å². The molecule has 1 atom stereocenters. The van der Waals surface area contributed by atoms with Gasteiger partial charge in [0.2, 0.25) is 5.89 Å². The molecule has 1 aromatic heterocycles. The highest BCUT2D eigenvalue weighted by Crippen LogP contribution is 2.29. The van der Waals surface area contributed by atoms with Gasteiger partial charge in [0.05, 0.1) is 0 Å². The molecule has 1 aliphatic rings. The summed E-state index contributed by atoms with van der Waals surface area (Å²) in [5.74, 6) is 2.42. The maximum absolute atomic E-state index is 5.48. The van der Waals surface area contributed by atoms with Crippen molar-refractivity contribution in [3.63, 3.8) is 0 Å². The molecule has 4 heteroatoms. The number of rotatable bonds is 7. The zero-order valence-corrected chi connectivity index (χ0v) is 14.1. The molecular formula is C17H31N3O. The van der Waals surface area contributed by atoms with Crippen LogP contribution in [0.1, 0.15) is 71.5 Å². The fourth-order valence-corrected chi connectivity index (χ4v) is 3.20. The quantitative estimate of drug-likeness (QED) is 0.831. The first-order chi connectivity index (χ1) is 9.98. The third-order valence-corrected chi connectivity index (χ3v) is 4.22. The van der Waals surface area contributed by atoms with Gasteiger partial charge in [-0.1, -0.05) is 45.7 Å². The van der Waals surface area contributed by atoms with Gasteiger partial charge in [0.15, 0.2) is 5.82 Å². The molecule has 0 radical (unpaired) electrons. The minimum atomic E-state index is 0.201. The third kappa shape index (κ3) is 5.42. The zero-order chi connectivity index (χ0) is 15.3. The Kier molecular flexibility index (Phi) is 5.80. The lowest BCUT2D eigenvalue weighted by Gasteiger charge is -2.23. The fourth-order valence-electron chi connectivity index (χ4n) is 3.20. The first-order valence-electron chi connectivity index (χ1n) is 8.53. The summed E-state index contributed by atoms with van der Waals surface area (Å²) in [5, 5.41) is 7.84. The summed E-state index contributed by atoms with van der Waals surface area (Å²) in [7, 11) is 0. The minimum absolute atomic E-state index is 0.201. The number of nitrogens with zero attached hydrogens (tertiary/aromatic N) is 2. The van der Waals surface area contributed by atoms with E-state index < -0.39 is 0 Å². The van der Waals surface area contributed by atoms with Gasteiger partial charge in [0, 0.05) is 18.9 Å². The Labute approximate surface area is 129 Å². The molecule has 1 aliphatic carbocycles. The van der Waals surface area contributed by atoms with Crippen molar-refractivity contribution in [3.05, 3.63) is 11.7 Å². The summed E-state index contributed by atoms with van der Waals surface area (Å²) < 4.78 is 5.48. The van der Waals surface area contributed by atoms with Gasteiger partial charge >= 0.3 is 0 Å². The van der Waals surface area contributed by atoms with Crippen LogP contribution in [-0.4, -0.2) is 22.7 Å². The third-order valence-electron chi connectivity index (χ3n) is 4.22. The maximum Gasteiger partial charge on any atom is 0.228 e. The lowest BCUT2D eigenvalue weighted by Crippen LogP contribution is -2.37. The number of nitrogens with one attached hydrogen (secondary N) is 1. The molecular weight excluding hydrogens is 262 g/mol. The van der Waals surface area contributed by atoms with Gasteiger partial charge in [0.25, 0.3) is 0 Å². The summed E-state index contributed by atoms with van der Waals surface area (Å²) in [6.07, 6.45) is 8.33. The Balaban J connectivity index is 1.95. The SMILES string of the molecule is CCCNC(Cc1nc(CC(C)(C)C)no1)C1CCCC1. The van der Waals surface area contributed by atoms with Crippen LogP contribution in [-0.2, 0) is 12.8 Å². The lowest BCUT2D eigenvalue weighted by molar-refractivity contribution is 0.305. The van der Waals surface area contributed by atoms with Gasteiger partial charge in [-0.05, 0) is 37.1 Å². The molecule has 21 heavy (non-hydrogen) atoms. The molecule has 120 valence electrons. The minimum Gasteiger partial charge on any atom is -0.339 e. The summed E-state index contributed by atoms with van der Waals surface area (Å²) in [6.45, 7) is 9.89. The van der Waals surface area contributed by atoms with Crippen molar-refractivity contribution in [2.45, 2.75) is 78.7 Å². The summed E-state index contributed by atoms with van der Waals surface area (Å²) in [4.78, 5) is 4.60. The lowest BCUT2D eigenvalue weighted by atomic mass is 9.92. The van der Waals surface area contributed by atoms with Crippen LogP contribution in [0.4, 0.5) is 0 Å². The van der Waals surface area contributed by atoms with E-state index in [9.17, 15) is 0 Å². The first kappa shape index (κ1) is 16.5. The molecule has 1 N–H and O–H groups in total. The molecule has 4 nitrogen and oxygen atoms in total. The Morgan fingerprint density at radius 2 is 2.00 bits per heavy atom. The van der Waals surface area contributed by atoms with E-state index in [-0.39, 0.29) is 5.41 Å². The van der Waals surface area contributed by atoms with Gasteiger partial charge in [-0.2, -0.15) is 4.98 Å². The molecule has 0 saturated heterocycles. The largest absolute Gasteiger partial charge is 0.339 e. The molecule has 0 bridgehead atoms. The number of aromatic nitrogens is 2. The van der Waals surface area contributed by atoms with Crippen LogP contribution in [0.5, 0.6) is 0 Å². The van der Waals surface area contributed by atoms with Crippen molar-refractivity contribution in [1.29, 1.82) is 0 Å². The van der Waals surface area contributed by atoms with Crippen LogP contribution in [0.3, 0.4) is 0 Å². The molecule has 0 aromatic carbocycles. The van der Waals surface area contributed by atoms with Crippen LogP contribution in [0.2, 0.25) is 0 Å². The fraction of sp³-hybridized carbons (Fsp3) is 0.882. The molecule has 1 fully saturated rings. The zero-order valence-electron chi connectivity index (χ0n) is 14.1. The highest BCUT2D eigenvalue weighted by Gasteiger charge is 2.26. The maximum atomic E-state index is 5.48. The molecule has 1 unspecified atom stereocenters. The van der Waals surface area contributed by atoms with Crippen LogP contribution in [0.15, 0.2) is 4.52 Å². The van der Waals surface area contributed by atoms with E-state index in [0.29, 0.717) is 6.04 Å². The van der Waals surface area contributed by atoms with E-state index in [1.54, 1.807) is 0 Å². The predicted octanol–water partition coefficient (Wildman–Crippen LogP) is 3.76. The highest BCUT2D eigenvalue weighted by molar-refractivity contribution is 4.94. The molecule has 0 spiro atoms. The van der Waals surface area contributed by atoms with Crippen molar-refractivity contribution in [2.75, 3.05) is 6.54 Å². The Morgan fingerprint density at radius 1 is 1.29 bits per heavy atom. The van der Waals surface area contributed by atoms with Crippen molar-refractivity contribution >= 4 is 0 Å². The predicted molar refractivity (Wildman–Crippen MR) is 85.2 cm³/mol. The molecule has 1 heterocycles. The summed E-state index contributed by atoms with van der Waals surface area (Å²) in [6, 6.07) is 0.496. The van der Waals surface area contributed by atoms with E-state index in [0.717, 1.165) is 37.0 Å². The summed E-state index contributed by atoms with van der Waals surface area (Å²) in [5.41, 5.74) is 0.201. The van der Waals surface area contributed by atoms with Gasteiger partial charge in [-0.15, -0.1) is 0 Å². The van der Waals surface area contributed by atoms with Crippen molar-refractivity contribution < 1.29 is 4.52 Å². The van der Waals surface area contributed by atoms with Crippen LogP contribution in [0, 0.1) is 11.3 Å². The molecule has 0 aliphatic heterocycles. The Hall–Kier alpha value is -0.900. The van der Waals surface area contributed by atoms with Crippen molar-refractivity contribution in [1.82, 2.24) is 15.5 Å². The van der Waals surface area contributed by atoms with Gasteiger partial charge in [0.1, 0.15) is 0 Å². The van der Waals surface area contributed by atoms with Crippen LogP contribution < -0.4 is 5.32 Å². The number of hydrogen-bond donors (Lipinski definition) is 1. The van der Waals surface area contributed by atoms with Gasteiger partial charge < -0.3 is 9.84 Å². The van der Waals surface area contributed by atoms with E-state index in [2.05, 4.69) is 43.2 Å². The second-order valence-corrected chi connectivity index (χ2v) is 7.65. The van der Waals surface area contributed by atoms with Crippen LogP contribution >= 0.6 is 0 Å². The smallest absolute Gasteiger partial charge is 0.228 e. The van der Waals surface area contributed by atoms with Gasteiger partial charge in [-0.3, -0.25) is 0 Å². The molecule has 1 aromatic rings. The number of hydrogen-bond acceptors (Lipinski definition) is 4. The Bertz CT molecular complexity index is 416. The van der Waals surface area contributed by atoms with E-state index >= 15 is 0 Å².